The Bertz CT molecular complexity index is 1630. The topological polar surface area (TPSA) is 162 Å². The number of nitriles is 1. The SMILES string of the molecule is COc1ccc(C(C#N)(CCCCN(C)CCc2ccc(N=[N+]=[N-])cc2)CCCOC(=O)CCCC[C@@]2(C)SC[C@@]3(C)NC(=O)N[C@]32C)cc1OC. The van der Waals surface area contributed by atoms with Crippen molar-refractivity contribution in [1.29, 1.82) is 5.26 Å². The molecule has 2 N–H and O–H groups in total. The monoisotopic (exact) mass is 733 g/mol. The molecule has 2 fully saturated rings. The minimum atomic E-state index is -0.776. The van der Waals surface area contributed by atoms with Crippen molar-refractivity contribution in [2.24, 2.45) is 5.11 Å². The second-order valence-corrected chi connectivity index (χ2v) is 16.2. The molecular weight excluding hydrogens is 679 g/mol. The van der Waals surface area contributed by atoms with E-state index in [0.29, 0.717) is 42.9 Å². The number of amides is 2. The molecule has 2 aromatic rings. The average Bonchev–Trinajstić information content (AvgIpc) is 3.49. The van der Waals surface area contributed by atoms with Gasteiger partial charge in [0.25, 0.3) is 0 Å². The lowest BCUT2D eigenvalue weighted by Crippen LogP contribution is -2.62. The zero-order chi connectivity index (χ0) is 37.8. The smallest absolute Gasteiger partial charge is 0.315 e. The third-order valence-electron chi connectivity index (χ3n) is 11.3. The van der Waals surface area contributed by atoms with Crippen LogP contribution in [0.2, 0.25) is 0 Å². The number of hydrogen-bond donors (Lipinski definition) is 2. The number of fused-ring (bicyclic) bond motifs is 1. The Kier molecular flexibility index (Phi) is 14.1. The van der Waals surface area contributed by atoms with Crippen molar-refractivity contribution < 1.29 is 23.8 Å². The Hall–Kier alpha value is -4.11. The number of rotatable bonds is 21. The van der Waals surface area contributed by atoms with Crippen molar-refractivity contribution in [3.05, 3.63) is 64.0 Å². The zero-order valence-corrected chi connectivity index (χ0v) is 32.4. The second kappa shape index (κ2) is 18.1. The highest BCUT2D eigenvalue weighted by molar-refractivity contribution is 8.01. The van der Waals surface area contributed by atoms with Gasteiger partial charge >= 0.3 is 12.0 Å². The Balaban J connectivity index is 1.25. The van der Waals surface area contributed by atoms with E-state index in [1.165, 1.54) is 5.56 Å². The summed E-state index contributed by atoms with van der Waals surface area (Å²) in [5.41, 5.74) is 9.84. The molecule has 52 heavy (non-hydrogen) atoms. The van der Waals surface area contributed by atoms with Gasteiger partial charge in [-0.3, -0.25) is 4.79 Å². The van der Waals surface area contributed by atoms with Crippen molar-refractivity contribution in [2.45, 2.75) is 106 Å². The number of benzene rings is 2. The number of urea groups is 1. The lowest BCUT2D eigenvalue weighted by molar-refractivity contribution is -0.144. The Morgan fingerprint density at radius 1 is 1.02 bits per heavy atom. The van der Waals surface area contributed by atoms with Gasteiger partial charge in [-0.25, -0.2) is 4.79 Å². The maximum atomic E-state index is 12.7. The van der Waals surface area contributed by atoms with Crippen LogP contribution in [0.1, 0.15) is 89.7 Å². The molecule has 282 valence electrons. The van der Waals surface area contributed by atoms with E-state index in [-0.39, 0.29) is 34.4 Å². The molecule has 4 atom stereocenters. The van der Waals surface area contributed by atoms with Crippen LogP contribution in [-0.4, -0.2) is 79.4 Å². The summed E-state index contributed by atoms with van der Waals surface area (Å²) in [4.78, 5) is 30.0. The van der Waals surface area contributed by atoms with E-state index in [2.05, 4.69) is 59.4 Å². The quantitative estimate of drug-likeness (QED) is 0.0326. The van der Waals surface area contributed by atoms with E-state index in [9.17, 15) is 14.9 Å². The Morgan fingerprint density at radius 3 is 2.44 bits per heavy atom. The molecule has 2 aliphatic heterocycles. The summed E-state index contributed by atoms with van der Waals surface area (Å²) >= 11 is 1.88. The number of nitrogens with one attached hydrogen (secondary N) is 2. The van der Waals surface area contributed by atoms with Crippen LogP contribution < -0.4 is 20.1 Å². The van der Waals surface area contributed by atoms with Crippen molar-refractivity contribution in [2.75, 3.05) is 46.7 Å². The number of hydrogen-bond acceptors (Lipinski definition) is 9. The first-order valence-electron chi connectivity index (χ1n) is 18.2. The third kappa shape index (κ3) is 9.46. The molecule has 0 aliphatic carbocycles. The molecule has 0 saturated carbocycles. The molecule has 2 amide bonds. The van der Waals surface area contributed by atoms with Crippen molar-refractivity contribution in [3.63, 3.8) is 0 Å². The molecule has 1 unspecified atom stereocenters. The molecule has 0 bridgehead atoms. The minimum Gasteiger partial charge on any atom is -0.493 e. The van der Waals surface area contributed by atoms with E-state index in [0.717, 1.165) is 62.9 Å². The molecule has 2 aliphatic rings. The predicted molar refractivity (Wildman–Crippen MR) is 205 cm³/mol. The fourth-order valence-electron chi connectivity index (χ4n) is 7.55. The standard InChI is InChI=1S/C39H55N7O5S/c1-36-28-52-37(2,38(36,3)43-35(48)42-36)20-8-7-12-34(47)51-25-11-22-39(27-40,30-15-18-32(49-5)33(26-30)50-6)21-9-10-23-46(4)24-19-29-13-16-31(17-14-29)44-45-41/h13-18,26H,7-12,19-25,28H2,1-6H3,(H2,42,43,48)/t36-,37-,38-,39?/m1/s1. The maximum Gasteiger partial charge on any atom is 0.315 e. The maximum absolute atomic E-state index is 12.7. The van der Waals surface area contributed by atoms with Crippen LogP contribution in [-0.2, 0) is 21.4 Å². The van der Waals surface area contributed by atoms with Gasteiger partial charge in [-0.2, -0.15) is 17.0 Å². The van der Waals surface area contributed by atoms with E-state index in [1.54, 1.807) is 14.2 Å². The molecule has 13 heteroatoms. The summed E-state index contributed by atoms with van der Waals surface area (Å²) in [7, 11) is 5.28. The Morgan fingerprint density at radius 2 is 1.75 bits per heavy atom. The van der Waals surface area contributed by atoms with Crippen LogP contribution >= 0.6 is 11.8 Å². The number of methoxy groups -OCH3 is 2. The zero-order valence-electron chi connectivity index (χ0n) is 31.6. The van der Waals surface area contributed by atoms with Crippen molar-refractivity contribution in [3.8, 4) is 17.6 Å². The highest BCUT2D eigenvalue weighted by atomic mass is 32.2. The van der Waals surface area contributed by atoms with E-state index < -0.39 is 5.41 Å². The molecule has 0 radical (unpaired) electrons. The van der Waals surface area contributed by atoms with Gasteiger partial charge in [-0.05, 0) is 108 Å². The first kappa shape index (κ1) is 40.7. The van der Waals surface area contributed by atoms with Crippen LogP contribution in [0, 0.1) is 11.3 Å². The van der Waals surface area contributed by atoms with Crippen LogP contribution in [0.4, 0.5) is 10.5 Å². The summed E-state index contributed by atoms with van der Waals surface area (Å²) in [6.45, 7) is 8.47. The summed E-state index contributed by atoms with van der Waals surface area (Å²) in [6.07, 6.45) is 7.23. The van der Waals surface area contributed by atoms with Gasteiger partial charge in [-0.1, -0.05) is 48.3 Å². The largest absolute Gasteiger partial charge is 0.493 e. The second-order valence-electron chi connectivity index (χ2n) is 14.7. The molecule has 2 aromatic carbocycles. The number of esters is 1. The first-order valence-corrected chi connectivity index (χ1v) is 19.2. The number of ether oxygens (including phenoxy) is 3. The minimum absolute atomic E-state index is 0.112. The normalized spacial score (nSPS) is 23.1. The number of carbonyl (C=O) groups is 2. The summed E-state index contributed by atoms with van der Waals surface area (Å²) in [5.74, 6) is 1.81. The van der Waals surface area contributed by atoms with Gasteiger partial charge in [0.1, 0.15) is 0 Å². The van der Waals surface area contributed by atoms with Gasteiger partial charge in [0.05, 0.1) is 43.4 Å². The van der Waals surface area contributed by atoms with Crippen LogP contribution in [0.3, 0.4) is 0 Å². The molecule has 0 spiro atoms. The highest BCUT2D eigenvalue weighted by Crippen LogP contribution is 2.55. The van der Waals surface area contributed by atoms with E-state index in [1.807, 2.05) is 54.2 Å². The van der Waals surface area contributed by atoms with Crippen molar-refractivity contribution >= 4 is 29.4 Å². The van der Waals surface area contributed by atoms with Gasteiger partial charge < -0.3 is 29.7 Å². The summed E-state index contributed by atoms with van der Waals surface area (Å²) in [6, 6.07) is 15.8. The number of likely N-dealkylation sites (N-methyl/N-ethyl adjacent to an activating group) is 1. The lowest BCUT2D eigenvalue weighted by Gasteiger charge is -2.43. The first-order chi connectivity index (χ1) is 24.9. The third-order valence-corrected chi connectivity index (χ3v) is 13.3. The predicted octanol–water partition coefficient (Wildman–Crippen LogP) is 7.97. The van der Waals surface area contributed by atoms with Gasteiger partial charge in [0, 0.05) is 34.1 Å². The number of unbranched alkanes of at least 4 members (excludes halogenated alkanes) is 2. The van der Waals surface area contributed by atoms with Crippen LogP contribution in [0.25, 0.3) is 10.4 Å². The molecule has 0 aromatic heterocycles. The molecule has 12 nitrogen and oxygen atoms in total. The number of nitrogens with zero attached hydrogens (tertiary/aromatic N) is 5. The summed E-state index contributed by atoms with van der Waals surface area (Å²) in [5, 5.41) is 20.6. The van der Waals surface area contributed by atoms with Gasteiger partial charge in [0.15, 0.2) is 11.5 Å². The Labute approximate surface area is 313 Å². The molecule has 2 heterocycles. The molecule has 4 rings (SSSR count). The number of thioether (sulfide) groups is 1. The van der Waals surface area contributed by atoms with Gasteiger partial charge in [0.2, 0.25) is 0 Å². The van der Waals surface area contributed by atoms with Crippen LogP contribution in [0.5, 0.6) is 11.5 Å². The van der Waals surface area contributed by atoms with Crippen molar-refractivity contribution in [1.82, 2.24) is 15.5 Å². The fraction of sp³-hybridized carbons (Fsp3) is 0.615. The van der Waals surface area contributed by atoms with Gasteiger partial charge in [-0.15, -0.1) is 0 Å². The fourth-order valence-corrected chi connectivity index (χ4v) is 9.37. The highest BCUT2D eigenvalue weighted by Gasteiger charge is 2.66. The van der Waals surface area contributed by atoms with E-state index >= 15 is 0 Å². The number of azide groups is 1. The average molecular weight is 734 g/mol. The lowest BCUT2D eigenvalue weighted by atomic mass is 9.72. The molecule has 2 saturated heterocycles. The summed E-state index contributed by atoms with van der Waals surface area (Å²) < 4.78 is 16.6. The molecular formula is C39H55N7O5S. The van der Waals surface area contributed by atoms with Crippen LogP contribution in [0.15, 0.2) is 47.6 Å². The van der Waals surface area contributed by atoms with E-state index in [4.69, 9.17) is 19.7 Å². The number of carbonyl (C=O) groups excluding carboxylic acids is 2.